The van der Waals surface area contributed by atoms with Crippen LogP contribution in [-0.2, 0) is 6.54 Å². The summed E-state index contributed by atoms with van der Waals surface area (Å²) < 4.78 is 0. The third-order valence-corrected chi connectivity index (χ3v) is 4.70. The van der Waals surface area contributed by atoms with Gasteiger partial charge < -0.3 is 10.4 Å². The maximum Gasteiger partial charge on any atom is 0.345 e. The molecule has 0 saturated heterocycles. The van der Waals surface area contributed by atoms with Crippen LogP contribution in [0, 0.1) is 5.92 Å². The molecule has 0 spiro atoms. The molecule has 2 N–H and O–H groups in total. The van der Waals surface area contributed by atoms with Gasteiger partial charge in [0.1, 0.15) is 4.88 Å². The van der Waals surface area contributed by atoms with Gasteiger partial charge in [-0.3, -0.25) is 0 Å². The van der Waals surface area contributed by atoms with E-state index < -0.39 is 5.97 Å². The van der Waals surface area contributed by atoms with E-state index in [0.29, 0.717) is 4.88 Å². The maximum absolute atomic E-state index is 10.7. The largest absolute Gasteiger partial charge is 0.477 e. The average Bonchev–Trinajstić information content (AvgIpc) is 2.85. The fourth-order valence-corrected chi connectivity index (χ4v) is 3.40. The molecule has 1 aliphatic rings. The second-order valence-electron chi connectivity index (χ2n) is 5.04. The molecule has 0 aliphatic heterocycles. The summed E-state index contributed by atoms with van der Waals surface area (Å²) in [6.45, 7) is 1.84. The molecule has 0 atom stereocenters. The van der Waals surface area contributed by atoms with Crippen LogP contribution in [0.1, 0.15) is 53.1 Å². The molecule has 1 saturated carbocycles. The normalized spacial score (nSPS) is 16.9. The molecule has 1 aromatic rings. The maximum atomic E-state index is 10.7. The topological polar surface area (TPSA) is 49.3 Å². The number of nitrogens with one attached hydrogen (secondary N) is 1. The highest BCUT2D eigenvalue weighted by Crippen LogP contribution is 2.25. The first-order chi connectivity index (χ1) is 8.75. The Morgan fingerprint density at radius 1 is 1.33 bits per heavy atom. The molecule has 1 aromatic heterocycles. The standard InChI is InChI=1S/C14H21NO2S/c16-14(17)13-7-6-12(18-13)10-15-9-8-11-4-2-1-3-5-11/h6-7,11,15H,1-5,8-10H2,(H,16,17). The first kappa shape index (κ1) is 13.6. The third kappa shape index (κ3) is 4.10. The van der Waals surface area contributed by atoms with E-state index in [1.807, 2.05) is 6.07 Å². The van der Waals surface area contributed by atoms with Gasteiger partial charge in [0.25, 0.3) is 0 Å². The molecule has 18 heavy (non-hydrogen) atoms. The summed E-state index contributed by atoms with van der Waals surface area (Å²) in [5, 5.41) is 12.2. The second kappa shape index (κ2) is 6.90. The number of hydrogen-bond donors (Lipinski definition) is 2. The molecule has 0 amide bonds. The summed E-state index contributed by atoms with van der Waals surface area (Å²) >= 11 is 1.36. The third-order valence-electron chi connectivity index (χ3n) is 3.63. The van der Waals surface area contributed by atoms with Crippen LogP contribution in [0.15, 0.2) is 12.1 Å². The van der Waals surface area contributed by atoms with Crippen molar-refractivity contribution < 1.29 is 9.90 Å². The van der Waals surface area contributed by atoms with Gasteiger partial charge >= 0.3 is 5.97 Å². The summed E-state index contributed by atoms with van der Waals surface area (Å²) in [4.78, 5) is 12.3. The van der Waals surface area contributed by atoms with Crippen LogP contribution in [0.4, 0.5) is 0 Å². The first-order valence-corrected chi connectivity index (χ1v) is 7.60. The molecule has 1 heterocycles. The molecule has 2 rings (SSSR count). The fourth-order valence-electron chi connectivity index (χ4n) is 2.58. The van der Waals surface area contributed by atoms with Gasteiger partial charge in [-0.25, -0.2) is 4.79 Å². The lowest BCUT2D eigenvalue weighted by atomic mass is 9.87. The summed E-state index contributed by atoms with van der Waals surface area (Å²) in [6, 6.07) is 3.59. The lowest BCUT2D eigenvalue weighted by Gasteiger charge is -2.21. The van der Waals surface area contributed by atoms with E-state index in [9.17, 15) is 4.79 Å². The van der Waals surface area contributed by atoms with E-state index in [0.717, 1.165) is 23.9 Å². The lowest BCUT2D eigenvalue weighted by Crippen LogP contribution is -2.18. The van der Waals surface area contributed by atoms with Crippen molar-refractivity contribution in [2.24, 2.45) is 5.92 Å². The number of carboxylic acid groups (broad SMARTS) is 1. The molecular formula is C14H21NO2S. The zero-order valence-corrected chi connectivity index (χ0v) is 11.5. The van der Waals surface area contributed by atoms with Crippen LogP contribution in [0.25, 0.3) is 0 Å². The van der Waals surface area contributed by atoms with Crippen LogP contribution in [0.2, 0.25) is 0 Å². The van der Waals surface area contributed by atoms with Crippen LogP contribution in [-0.4, -0.2) is 17.6 Å². The Labute approximate surface area is 112 Å². The number of rotatable bonds is 6. The number of hydrogen-bond acceptors (Lipinski definition) is 3. The lowest BCUT2D eigenvalue weighted by molar-refractivity contribution is 0.0702. The number of carboxylic acids is 1. The Morgan fingerprint density at radius 2 is 2.11 bits per heavy atom. The smallest absolute Gasteiger partial charge is 0.345 e. The molecule has 1 aliphatic carbocycles. The van der Waals surface area contributed by atoms with Gasteiger partial charge in [-0.05, 0) is 31.0 Å². The quantitative estimate of drug-likeness (QED) is 0.775. The van der Waals surface area contributed by atoms with Gasteiger partial charge in [-0.1, -0.05) is 32.1 Å². The van der Waals surface area contributed by atoms with Gasteiger partial charge in [-0.15, -0.1) is 11.3 Å². The summed E-state index contributed by atoms with van der Waals surface area (Å²) in [5.41, 5.74) is 0. The van der Waals surface area contributed by atoms with Crippen molar-refractivity contribution in [3.05, 3.63) is 21.9 Å². The van der Waals surface area contributed by atoms with E-state index >= 15 is 0 Å². The molecule has 100 valence electrons. The molecule has 4 heteroatoms. The Balaban J connectivity index is 1.63. The van der Waals surface area contributed by atoms with E-state index in [-0.39, 0.29) is 0 Å². The zero-order valence-electron chi connectivity index (χ0n) is 10.7. The monoisotopic (exact) mass is 267 g/mol. The highest BCUT2D eigenvalue weighted by Gasteiger charge is 2.12. The van der Waals surface area contributed by atoms with Gasteiger partial charge in [0.2, 0.25) is 0 Å². The van der Waals surface area contributed by atoms with Crippen LogP contribution < -0.4 is 5.32 Å². The van der Waals surface area contributed by atoms with Gasteiger partial charge in [0.15, 0.2) is 0 Å². The van der Waals surface area contributed by atoms with Crippen molar-refractivity contribution in [2.45, 2.75) is 45.1 Å². The van der Waals surface area contributed by atoms with Crippen molar-refractivity contribution in [3.8, 4) is 0 Å². The first-order valence-electron chi connectivity index (χ1n) is 6.78. The van der Waals surface area contributed by atoms with Crippen LogP contribution in [0.5, 0.6) is 0 Å². The van der Waals surface area contributed by atoms with Crippen molar-refractivity contribution in [2.75, 3.05) is 6.54 Å². The van der Waals surface area contributed by atoms with E-state index in [1.54, 1.807) is 6.07 Å². The van der Waals surface area contributed by atoms with E-state index in [2.05, 4.69) is 5.32 Å². The summed E-state index contributed by atoms with van der Waals surface area (Å²) in [5.74, 6) is 0.0811. The van der Waals surface area contributed by atoms with Crippen LogP contribution >= 0.6 is 11.3 Å². The predicted octanol–water partition coefficient (Wildman–Crippen LogP) is 3.51. The van der Waals surface area contributed by atoms with Crippen molar-refractivity contribution in [3.63, 3.8) is 0 Å². The molecule has 0 aromatic carbocycles. The number of thiophene rings is 1. The van der Waals surface area contributed by atoms with Crippen molar-refractivity contribution in [1.29, 1.82) is 0 Å². The van der Waals surface area contributed by atoms with Gasteiger partial charge in [-0.2, -0.15) is 0 Å². The molecule has 1 fully saturated rings. The zero-order chi connectivity index (χ0) is 12.8. The molecular weight excluding hydrogens is 246 g/mol. The fraction of sp³-hybridized carbons (Fsp3) is 0.643. The molecule has 0 radical (unpaired) electrons. The molecule has 0 unspecified atom stereocenters. The van der Waals surface area contributed by atoms with Gasteiger partial charge in [0.05, 0.1) is 0 Å². The van der Waals surface area contributed by atoms with Gasteiger partial charge in [0, 0.05) is 11.4 Å². The minimum Gasteiger partial charge on any atom is -0.477 e. The SMILES string of the molecule is O=C(O)c1ccc(CNCCC2CCCCC2)s1. The van der Waals surface area contributed by atoms with Crippen molar-refractivity contribution in [1.82, 2.24) is 5.32 Å². The highest BCUT2D eigenvalue weighted by molar-refractivity contribution is 7.13. The average molecular weight is 267 g/mol. The Bertz CT molecular complexity index is 383. The van der Waals surface area contributed by atoms with Crippen LogP contribution in [0.3, 0.4) is 0 Å². The Morgan fingerprint density at radius 3 is 2.78 bits per heavy atom. The molecule has 0 bridgehead atoms. The highest BCUT2D eigenvalue weighted by atomic mass is 32.1. The summed E-state index contributed by atoms with van der Waals surface area (Å²) in [6.07, 6.45) is 8.26. The second-order valence-corrected chi connectivity index (χ2v) is 6.21. The Hall–Kier alpha value is -0.870. The minimum absolute atomic E-state index is 0.430. The summed E-state index contributed by atoms with van der Waals surface area (Å²) in [7, 11) is 0. The van der Waals surface area contributed by atoms with E-state index in [4.69, 9.17) is 5.11 Å². The van der Waals surface area contributed by atoms with E-state index in [1.165, 1.54) is 49.9 Å². The number of aromatic carboxylic acids is 1. The minimum atomic E-state index is -0.826. The predicted molar refractivity (Wildman–Crippen MR) is 74.2 cm³/mol. The van der Waals surface area contributed by atoms with Crippen molar-refractivity contribution >= 4 is 17.3 Å². The number of carbonyl (C=O) groups is 1. The molecule has 3 nitrogen and oxygen atoms in total. The Kier molecular flexibility index (Phi) is 5.20.